The first kappa shape index (κ1) is 24.4. The Balaban J connectivity index is 1.45. The third-order valence-electron chi connectivity index (χ3n) is 10.2. The second kappa shape index (κ2) is 8.53. The largest absolute Gasteiger partial charge is 0.486 e. The van der Waals surface area contributed by atoms with Gasteiger partial charge in [0.15, 0.2) is 11.5 Å². The lowest BCUT2D eigenvalue weighted by Gasteiger charge is -2.58. The molecule has 8 atom stereocenters. The molecule has 1 heterocycles. The van der Waals surface area contributed by atoms with Crippen LogP contribution in [0.25, 0.3) is 0 Å². The Labute approximate surface area is 216 Å². The Hall–Kier alpha value is -1.96. The van der Waals surface area contributed by atoms with Gasteiger partial charge in [0.1, 0.15) is 18.8 Å². The molecule has 4 heteroatoms. The van der Waals surface area contributed by atoms with Gasteiger partial charge in [0.25, 0.3) is 0 Å². The Bertz CT molecular complexity index is 1120. The third kappa shape index (κ3) is 3.89. The van der Waals surface area contributed by atoms with Crippen LogP contribution in [-0.2, 0) is 0 Å². The van der Waals surface area contributed by atoms with Gasteiger partial charge in [-0.15, -0.1) is 0 Å². The van der Waals surface area contributed by atoms with Crippen LogP contribution in [0.5, 0.6) is 11.5 Å². The zero-order valence-electron chi connectivity index (χ0n) is 22.3. The van der Waals surface area contributed by atoms with Crippen LogP contribution in [0.15, 0.2) is 29.8 Å². The van der Waals surface area contributed by atoms with E-state index in [1.54, 1.807) is 0 Å². The van der Waals surface area contributed by atoms with Gasteiger partial charge in [-0.05, 0) is 113 Å². The molecule has 3 saturated carbocycles. The van der Waals surface area contributed by atoms with Crippen LogP contribution in [-0.4, -0.2) is 35.1 Å². The highest BCUT2D eigenvalue weighted by Crippen LogP contribution is 2.68. The van der Waals surface area contributed by atoms with Gasteiger partial charge in [-0.3, -0.25) is 0 Å². The normalized spacial score (nSPS) is 41.2. The van der Waals surface area contributed by atoms with Gasteiger partial charge >= 0.3 is 0 Å². The van der Waals surface area contributed by atoms with Gasteiger partial charge in [0.05, 0.1) is 6.10 Å². The average molecular weight is 491 g/mol. The first-order chi connectivity index (χ1) is 17.1. The molecule has 0 amide bonds. The van der Waals surface area contributed by atoms with Crippen molar-refractivity contribution in [2.24, 2.45) is 34.5 Å². The fraction of sp³-hybridized carbons (Fsp3) is 0.688. The highest BCUT2D eigenvalue weighted by Gasteiger charge is 2.64. The van der Waals surface area contributed by atoms with E-state index in [9.17, 15) is 10.2 Å². The monoisotopic (exact) mass is 490 g/mol. The van der Waals surface area contributed by atoms with Gasteiger partial charge in [-0.1, -0.05) is 36.5 Å². The van der Waals surface area contributed by atoms with E-state index >= 15 is 0 Å². The molecular formula is C32H42O4. The smallest absolute Gasteiger partial charge is 0.161 e. The summed E-state index contributed by atoms with van der Waals surface area (Å²) < 4.78 is 11.8. The lowest BCUT2D eigenvalue weighted by molar-refractivity contribution is -0.0966. The van der Waals surface area contributed by atoms with Gasteiger partial charge in [0.2, 0.25) is 0 Å². The third-order valence-corrected chi connectivity index (χ3v) is 10.2. The Kier molecular flexibility index (Phi) is 5.78. The maximum Gasteiger partial charge on any atom is 0.161 e. The molecule has 1 unspecified atom stereocenters. The molecule has 0 radical (unpaired) electrons. The van der Waals surface area contributed by atoms with Crippen LogP contribution in [0.1, 0.15) is 84.1 Å². The molecule has 0 spiro atoms. The van der Waals surface area contributed by atoms with E-state index in [0.717, 1.165) is 56.4 Å². The van der Waals surface area contributed by atoms with Crippen LogP contribution >= 0.6 is 0 Å². The Morgan fingerprint density at radius 3 is 2.56 bits per heavy atom. The number of hydrogen-bond acceptors (Lipinski definition) is 4. The fourth-order valence-corrected chi connectivity index (χ4v) is 8.57. The van der Waals surface area contributed by atoms with Gasteiger partial charge in [0, 0.05) is 10.8 Å². The van der Waals surface area contributed by atoms with Crippen molar-refractivity contribution in [1.82, 2.24) is 0 Å². The summed E-state index contributed by atoms with van der Waals surface area (Å²) in [5.74, 6) is 10.9. The average Bonchev–Trinajstić information content (AvgIpc) is 3.12. The standard InChI is InChI=1S/C32H42O4/c1-30(2,3)13-14-32(34)12-11-26-24-8-5-20-17-22(33)7-9-23(20)29(24)25(19-31(26,32)4)21-6-10-27-28(18-21)36-16-15-35-27/h6,10,17-18,22-26,29,33-34H,5,7-9,11-12,15-16,19H2,1-4H3/t22?,23-,24-,25+,26-,29+,31-,32+/m0/s1. The zero-order valence-corrected chi connectivity index (χ0v) is 22.3. The van der Waals surface area contributed by atoms with Crippen LogP contribution in [0.2, 0.25) is 0 Å². The molecule has 194 valence electrons. The highest BCUT2D eigenvalue weighted by atomic mass is 16.6. The van der Waals surface area contributed by atoms with Crippen molar-refractivity contribution in [3.8, 4) is 23.3 Å². The number of hydrogen-bond donors (Lipinski definition) is 2. The molecule has 0 bridgehead atoms. The molecular weight excluding hydrogens is 448 g/mol. The molecule has 4 nitrogen and oxygen atoms in total. The SMILES string of the molecule is CC(C)(C)C#C[C@]1(O)CC[C@H]2[C@@H]3CCC4=CC(O)CC[C@@H]4[C@H]3[C@@H](c3ccc4c(c3)OCCO4)C[C@@]21C. The van der Waals surface area contributed by atoms with E-state index in [1.807, 2.05) is 0 Å². The van der Waals surface area contributed by atoms with Crippen molar-refractivity contribution in [2.75, 3.05) is 13.2 Å². The van der Waals surface area contributed by atoms with Crippen LogP contribution in [0.3, 0.4) is 0 Å². The number of rotatable bonds is 1. The van der Waals surface area contributed by atoms with E-state index in [1.165, 1.54) is 11.1 Å². The summed E-state index contributed by atoms with van der Waals surface area (Å²) in [7, 11) is 0. The number of aliphatic hydroxyl groups excluding tert-OH is 1. The summed E-state index contributed by atoms with van der Waals surface area (Å²) in [5, 5.41) is 22.5. The lowest BCUT2D eigenvalue weighted by atomic mass is 9.46. The number of aliphatic hydroxyl groups is 2. The highest BCUT2D eigenvalue weighted by molar-refractivity contribution is 5.46. The van der Waals surface area contributed by atoms with Crippen molar-refractivity contribution in [1.29, 1.82) is 0 Å². The van der Waals surface area contributed by atoms with E-state index in [0.29, 0.717) is 42.8 Å². The number of benzene rings is 1. The quantitative estimate of drug-likeness (QED) is 0.382. The topological polar surface area (TPSA) is 58.9 Å². The molecule has 1 aromatic rings. The predicted octanol–water partition coefficient (Wildman–Crippen LogP) is 5.87. The summed E-state index contributed by atoms with van der Waals surface area (Å²) in [6.45, 7) is 9.89. The van der Waals surface area contributed by atoms with Crippen LogP contribution in [0.4, 0.5) is 0 Å². The summed E-state index contributed by atoms with van der Waals surface area (Å²) >= 11 is 0. The number of ether oxygens (including phenoxy) is 2. The molecule has 3 fully saturated rings. The molecule has 6 rings (SSSR count). The second-order valence-electron chi connectivity index (χ2n) is 13.4. The molecule has 36 heavy (non-hydrogen) atoms. The maximum absolute atomic E-state index is 12.2. The summed E-state index contributed by atoms with van der Waals surface area (Å²) in [5.41, 5.74) is 1.44. The second-order valence-corrected chi connectivity index (χ2v) is 13.4. The Morgan fingerprint density at radius 1 is 1.00 bits per heavy atom. The first-order valence-electron chi connectivity index (χ1n) is 14.1. The lowest BCUT2D eigenvalue weighted by Crippen LogP contribution is -2.54. The van der Waals surface area contributed by atoms with Crippen molar-refractivity contribution < 1.29 is 19.7 Å². The number of fused-ring (bicyclic) bond motifs is 6. The minimum atomic E-state index is -0.957. The minimum absolute atomic E-state index is 0.135. The Morgan fingerprint density at radius 2 is 1.78 bits per heavy atom. The molecule has 4 aliphatic carbocycles. The molecule has 0 saturated heterocycles. The fourth-order valence-electron chi connectivity index (χ4n) is 8.57. The summed E-state index contributed by atoms with van der Waals surface area (Å²) in [4.78, 5) is 0. The molecule has 1 aromatic carbocycles. The van der Waals surface area contributed by atoms with Crippen molar-refractivity contribution >= 4 is 0 Å². The maximum atomic E-state index is 12.2. The summed E-state index contributed by atoms with van der Waals surface area (Å²) in [6, 6.07) is 6.53. The van der Waals surface area contributed by atoms with Crippen molar-refractivity contribution in [3.63, 3.8) is 0 Å². The van der Waals surface area contributed by atoms with E-state index in [4.69, 9.17) is 9.47 Å². The van der Waals surface area contributed by atoms with Crippen molar-refractivity contribution in [2.45, 2.75) is 90.3 Å². The van der Waals surface area contributed by atoms with E-state index in [2.05, 4.69) is 63.8 Å². The number of allylic oxidation sites excluding steroid dienone is 1. The predicted molar refractivity (Wildman–Crippen MR) is 141 cm³/mol. The van der Waals surface area contributed by atoms with Gasteiger partial charge in [-0.2, -0.15) is 0 Å². The molecule has 1 aliphatic heterocycles. The van der Waals surface area contributed by atoms with Crippen LogP contribution in [0, 0.1) is 46.3 Å². The molecule has 2 N–H and O–H groups in total. The minimum Gasteiger partial charge on any atom is -0.486 e. The van der Waals surface area contributed by atoms with E-state index in [-0.39, 0.29) is 16.9 Å². The van der Waals surface area contributed by atoms with Gasteiger partial charge in [-0.25, -0.2) is 0 Å². The molecule has 0 aromatic heterocycles. The first-order valence-corrected chi connectivity index (χ1v) is 14.1. The molecule has 5 aliphatic rings. The van der Waals surface area contributed by atoms with Crippen molar-refractivity contribution in [3.05, 3.63) is 35.4 Å². The van der Waals surface area contributed by atoms with E-state index < -0.39 is 5.60 Å². The zero-order chi connectivity index (χ0) is 25.3. The summed E-state index contributed by atoms with van der Waals surface area (Å²) in [6.07, 6.45) is 8.76. The van der Waals surface area contributed by atoms with Crippen LogP contribution < -0.4 is 9.47 Å². The van der Waals surface area contributed by atoms with Gasteiger partial charge < -0.3 is 19.7 Å².